The fourth-order valence-corrected chi connectivity index (χ4v) is 3.08. The van der Waals surface area contributed by atoms with Gasteiger partial charge < -0.3 is 9.30 Å². The highest BCUT2D eigenvalue weighted by Crippen LogP contribution is 2.17. The molecule has 0 spiro atoms. The Hall–Kier alpha value is -3.28. The number of carbonyl (C=O) groups is 2. The van der Waals surface area contributed by atoms with Gasteiger partial charge in [0.05, 0.1) is 0 Å². The average Bonchev–Trinajstić information content (AvgIpc) is 3.14. The minimum atomic E-state index is -0.208. The van der Waals surface area contributed by atoms with Gasteiger partial charge in [-0.05, 0) is 70.2 Å². The largest absolute Gasteiger partial charge is 0.485 e. The molecule has 1 N–H and O–H groups in total. The van der Waals surface area contributed by atoms with Crippen LogP contribution >= 0.6 is 0 Å². The summed E-state index contributed by atoms with van der Waals surface area (Å²) in [6.45, 7) is 7.69. The maximum absolute atomic E-state index is 12.4. The number of amides is 1. The van der Waals surface area contributed by atoms with Gasteiger partial charge in [0.15, 0.2) is 6.61 Å². The molecule has 1 amide bonds. The van der Waals surface area contributed by atoms with Crippen molar-refractivity contribution in [3.05, 3.63) is 76.4 Å². The third-order valence-electron chi connectivity index (χ3n) is 5.05. The molecule has 0 radical (unpaired) electrons. The zero-order valence-electron chi connectivity index (χ0n) is 16.9. The molecule has 0 saturated heterocycles. The quantitative estimate of drug-likeness (QED) is 0.664. The number of hydrogen-bond acceptors (Lipinski definition) is 3. The van der Waals surface area contributed by atoms with Crippen molar-refractivity contribution in [3.63, 3.8) is 0 Å². The Labute approximate surface area is 164 Å². The first-order valence-electron chi connectivity index (χ1n) is 9.13. The maximum Gasteiger partial charge on any atom is 0.270 e. The number of rotatable bonds is 6. The molecule has 0 atom stereocenters. The van der Waals surface area contributed by atoms with Gasteiger partial charge >= 0.3 is 0 Å². The van der Waals surface area contributed by atoms with Crippen LogP contribution in [0.2, 0.25) is 0 Å². The number of nitrogens with zero attached hydrogens (tertiary/aromatic N) is 2. The van der Waals surface area contributed by atoms with Gasteiger partial charge in [0.2, 0.25) is 5.78 Å². The van der Waals surface area contributed by atoms with Gasteiger partial charge in [-0.1, -0.05) is 0 Å². The lowest BCUT2D eigenvalue weighted by Crippen LogP contribution is -2.24. The van der Waals surface area contributed by atoms with E-state index in [1.54, 1.807) is 28.9 Å². The highest BCUT2D eigenvalue weighted by Gasteiger charge is 2.15. The van der Waals surface area contributed by atoms with E-state index in [-0.39, 0.29) is 18.3 Å². The molecule has 2 aromatic heterocycles. The van der Waals surface area contributed by atoms with Crippen LogP contribution in [-0.4, -0.2) is 27.5 Å². The molecule has 0 bridgehead atoms. The van der Waals surface area contributed by atoms with Gasteiger partial charge in [0.1, 0.15) is 5.75 Å². The number of nitrogens with one attached hydrogen (secondary N) is 1. The van der Waals surface area contributed by atoms with Gasteiger partial charge in [-0.2, -0.15) is 0 Å². The molecule has 2 heterocycles. The number of aromatic nitrogens is 2. The topological polar surface area (TPSA) is 65.3 Å². The second kappa shape index (κ2) is 7.76. The van der Waals surface area contributed by atoms with Crippen molar-refractivity contribution in [2.45, 2.75) is 27.7 Å². The molecule has 146 valence electrons. The van der Waals surface area contributed by atoms with Gasteiger partial charge in [-0.3, -0.25) is 19.7 Å². The Bertz CT molecular complexity index is 1010. The van der Waals surface area contributed by atoms with Crippen LogP contribution in [0.3, 0.4) is 0 Å². The molecular formula is C22H25N3O3. The highest BCUT2D eigenvalue weighted by molar-refractivity contribution is 6.00. The van der Waals surface area contributed by atoms with Gasteiger partial charge in [-0.15, -0.1) is 0 Å². The van der Waals surface area contributed by atoms with Crippen molar-refractivity contribution < 1.29 is 14.3 Å². The minimum absolute atomic E-state index is 0.0441. The predicted molar refractivity (Wildman–Crippen MR) is 109 cm³/mol. The summed E-state index contributed by atoms with van der Waals surface area (Å²) < 4.78 is 9.34. The minimum Gasteiger partial charge on any atom is -0.485 e. The highest BCUT2D eigenvalue weighted by atomic mass is 16.5. The van der Waals surface area contributed by atoms with E-state index in [2.05, 4.69) is 5.43 Å². The molecular weight excluding hydrogens is 354 g/mol. The van der Waals surface area contributed by atoms with E-state index in [1.165, 1.54) is 0 Å². The van der Waals surface area contributed by atoms with Crippen molar-refractivity contribution in [1.29, 1.82) is 0 Å². The molecule has 28 heavy (non-hydrogen) atoms. The third-order valence-corrected chi connectivity index (χ3v) is 5.05. The lowest BCUT2D eigenvalue weighted by Gasteiger charge is -2.11. The second-order valence-corrected chi connectivity index (χ2v) is 6.97. The second-order valence-electron chi connectivity index (χ2n) is 6.97. The molecule has 6 heteroatoms. The van der Waals surface area contributed by atoms with Gasteiger partial charge in [0.25, 0.3) is 5.91 Å². The lowest BCUT2D eigenvalue weighted by atomic mass is 10.1. The molecule has 0 unspecified atom stereocenters. The first-order chi connectivity index (χ1) is 13.3. The average molecular weight is 379 g/mol. The number of benzene rings is 1. The van der Waals surface area contributed by atoms with Crippen LogP contribution in [-0.2, 0) is 7.05 Å². The maximum atomic E-state index is 12.4. The summed E-state index contributed by atoms with van der Waals surface area (Å²) in [5.74, 6) is 0.269. The van der Waals surface area contributed by atoms with Crippen molar-refractivity contribution in [2.75, 3.05) is 12.0 Å². The molecule has 3 rings (SSSR count). The SMILES string of the molecule is Cc1cc(C(=O)COc2ccc(C(=O)Nn3c(C)ccc3C)cc2)c(C)n1C. The van der Waals surface area contributed by atoms with Gasteiger partial charge in [0, 0.05) is 41.0 Å². The summed E-state index contributed by atoms with van der Waals surface area (Å²) in [5, 5.41) is 0. The molecule has 0 aliphatic heterocycles. The fourth-order valence-electron chi connectivity index (χ4n) is 3.08. The number of carbonyl (C=O) groups excluding carboxylic acids is 2. The Morgan fingerprint density at radius 3 is 2.07 bits per heavy atom. The van der Waals surface area contributed by atoms with Crippen LogP contribution in [0.5, 0.6) is 5.75 Å². The standard InChI is InChI=1S/C22H25N3O3/c1-14-6-7-15(2)25(14)23-22(27)18-8-10-19(11-9-18)28-13-21(26)20-12-16(3)24(5)17(20)4/h6-12H,13H2,1-5H3,(H,23,27). The third kappa shape index (κ3) is 3.86. The van der Waals surface area contributed by atoms with E-state index in [0.29, 0.717) is 16.9 Å². The Kier molecular flexibility index (Phi) is 5.40. The van der Waals surface area contributed by atoms with E-state index >= 15 is 0 Å². The van der Waals surface area contributed by atoms with Crippen LogP contribution in [0.15, 0.2) is 42.5 Å². The Morgan fingerprint density at radius 2 is 1.54 bits per heavy atom. The summed E-state index contributed by atoms with van der Waals surface area (Å²) in [6, 6.07) is 12.5. The van der Waals surface area contributed by atoms with E-state index in [1.807, 2.05) is 57.5 Å². The first-order valence-corrected chi connectivity index (χ1v) is 9.13. The molecule has 0 fully saturated rings. The summed E-state index contributed by atoms with van der Waals surface area (Å²) >= 11 is 0. The lowest BCUT2D eigenvalue weighted by molar-refractivity contribution is 0.0919. The summed E-state index contributed by atoms with van der Waals surface area (Å²) in [6.07, 6.45) is 0. The van der Waals surface area contributed by atoms with Crippen molar-refractivity contribution in [2.24, 2.45) is 7.05 Å². The fraction of sp³-hybridized carbons (Fsp3) is 0.273. The normalized spacial score (nSPS) is 10.8. The number of Topliss-reactive ketones (excluding diaryl/α,β-unsaturated/α-hetero) is 1. The molecule has 0 aliphatic carbocycles. The summed E-state index contributed by atoms with van der Waals surface area (Å²) in [7, 11) is 1.93. The van der Waals surface area contributed by atoms with Crippen molar-refractivity contribution in [1.82, 2.24) is 9.24 Å². The van der Waals surface area contributed by atoms with E-state index in [0.717, 1.165) is 22.8 Å². The molecule has 1 aromatic carbocycles. The first kappa shape index (κ1) is 19.5. The van der Waals surface area contributed by atoms with Crippen molar-refractivity contribution >= 4 is 11.7 Å². The summed E-state index contributed by atoms with van der Waals surface area (Å²) in [4.78, 5) is 24.8. The number of ether oxygens (including phenoxy) is 1. The van der Waals surface area contributed by atoms with Crippen LogP contribution in [0.25, 0.3) is 0 Å². The predicted octanol–water partition coefficient (Wildman–Crippen LogP) is 3.71. The molecule has 3 aromatic rings. The van der Waals surface area contributed by atoms with E-state index in [9.17, 15) is 9.59 Å². The number of aryl methyl sites for hydroxylation is 3. The van der Waals surface area contributed by atoms with E-state index in [4.69, 9.17) is 4.74 Å². The molecule has 0 aliphatic rings. The van der Waals surface area contributed by atoms with E-state index < -0.39 is 0 Å². The number of ketones is 1. The van der Waals surface area contributed by atoms with Crippen molar-refractivity contribution in [3.8, 4) is 5.75 Å². The van der Waals surface area contributed by atoms with Gasteiger partial charge in [-0.25, -0.2) is 0 Å². The monoisotopic (exact) mass is 379 g/mol. The van der Waals surface area contributed by atoms with Crippen LogP contribution in [0.1, 0.15) is 43.5 Å². The molecule has 6 nitrogen and oxygen atoms in total. The van der Waals surface area contributed by atoms with Crippen LogP contribution in [0.4, 0.5) is 0 Å². The van der Waals surface area contributed by atoms with Crippen LogP contribution in [0, 0.1) is 27.7 Å². The zero-order chi connectivity index (χ0) is 20.4. The van der Waals surface area contributed by atoms with Crippen LogP contribution < -0.4 is 10.2 Å². The Morgan fingerprint density at radius 1 is 0.929 bits per heavy atom. The molecule has 0 saturated carbocycles. The zero-order valence-corrected chi connectivity index (χ0v) is 16.9. The Balaban J connectivity index is 1.62. The summed E-state index contributed by atoms with van der Waals surface area (Å²) in [5.41, 5.74) is 7.91. The smallest absolute Gasteiger partial charge is 0.270 e. The number of hydrogen-bond donors (Lipinski definition) is 1.